The van der Waals surface area contributed by atoms with Crippen molar-refractivity contribution in [2.45, 2.75) is 27.0 Å². The summed E-state index contributed by atoms with van der Waals surface area (Å²) in [6.07, 6.45) is 2.12. The first-order chi connectivity index (χ1) is 9.76. The van der Waals surface area contributed by atoms with E-state index in [0.29, 0.717) is 6.61 Å². The highest BCUT2D eigenvalue weighted by atomic mass is 16.5. The molecule has 0 spiro atoms. The van der Waals surface area contributed by atoms with Gasteiger partial charge in [0.2, 0.25) is 0 Å². The summed E-state index contributed by atoms with van der Waals surface area (Å²) in [6.45, 7) is 5.85. The van der Waals surface area contributed by atoms with Crippen LogP contribution in [-0.4, -0.2) is 4.57 Å². The number of fused-ring (bicyclic) bond motifs is 1. The fourth-order valence-electron chi connectivity index (χ4n) is 2.39. The zero-order chi connectivity index (χ0) is 13.9. The van der Waals surface area contributed by atoms with Crippen molar-refractivity contribution in [3.8, 4) is 5.75 Å². The van der Waals surface area contributed by atoms with Crippen molar-refractivity contribution in [3.63, 3.8) is 0 Å². The predicted molar refractivity (Wildman–Crippen MR) is 83.1 cm³/mol. The zero-order valence-electron chi connectivity index (χ0n) is 12.0. The van der Waals surface area contributed by atoms with Crippen molar-refractivity contribution in [1.29, 1.82) is 0 Å². The maximum atomic E-state index is 5.87. The number of ether oxygens (including phenoxy) is 1. The van der Waals surface area contributed by atoms with E-state index in [-0.39, 0.29) is 0 Å². The smallest absolute Gasteiger partial charge is 0.120 e. The van der Waals surface area contributed by atoms with Gasteiger partial charge >= 0.3 is 0 Å². The van der Waals surface area contributed by atoms with E-state index < -0.39 is 0 Å². The largest absolute Gasteiger partial charge is 0.489 e. The van der Waals surface area contributed by atoms with Crippen molar-refractivity contribution >= 4 is 10.9 Å². The molecule has 0 aliphatic rings. The van der Waals surface area contributed by atoms with E-state index in [4.69, 9.17) is 4.74 Å². The second-order valence-corrected chi connectivity index (χ2v) is 5.10. The average molecular weight is 265 g/mol. The molecule has 0 unspecified atom stereocenters. The summed E-state index contributed by atoms with van der Waals surface area (Å²) in [7, 11) is 0. The number of nitrogens with zero attached hydrogens (tertiary/aromatic N) is 1. The molecule has 3 aromatic rings. The lowest BCUT2D eigenvalue weighted by molar-refractivity contribution is 0.306. The molecule has 0 radical (unpaired) electrons. The Balaban J connectivity index is 1.76. The molecule has 0 aliphatic carbocycles. The van der Waals surface area contributed by atoms with Crippen molar-refractivity contribution in [1.82, 2.24) is 4.57 Å². The van der Waals surface area contributed by atoms with E-state index in [0.717, 1.165) is 12.3 Å². The minimum absolute atomic E-state index is 0.611. The SMILES string of the molecule is CCn1ccc2cc(OCc3ccc(C)cc3)ccc21. The quantitative estimate of drug-likeness (QED) is 0.675. The molecule has 0 atom stereocenters. The van der Waals surface area contributed by atoms with Gasteiger partial charge in [0.25, 0.3) is 0 Å². The monoisotopic (exact) mass is 265 g/mol. The Morgan fingerprint density at radius 1 is 1.00 bits per heavy atom. The second kappa shape index (κ2) is 5.41. The molecule has 2 aromatic carbocycles. The van der Waals surface area contributed by atoms with Crippen LogP contribution in [0.3, 0.4) is 0 Å². The molecule has 0 aliphatic heterocycles. The third-order valence-corrected chi connectivity index (χ3v) is 3.61. The van der Waals surface area contributed by atoms with Crippen LogP contribution in [0.5, 0.6) is 5.75 Å². The lowest BCUT2D eigenvalue weighted by atomic mass is 10.2. The van der Waals surface area contributed by atoms with Crippen molar-refractivity contribution in [3.05, 3.63) is 65.9 Å². The van der Waals surface area contributed by atoms with Gasteiger partial charge in [-0.05, 0) is 43.7 Å². The van der Waals surface area contributed by atoms with Crippen molar-refractivity contribution in [2.24, 2.45) is 0 Å². The first kappa shape index (κ1) is 12.8. The highest BCUT2D eigenvalue weighted by molar-refractivity contribution is 5.81. The third kappa shape index (κ3) is 2.55. The summed E-state index contributed by atoms with van der Waals surface area (Å²) in [6, 6.07) is 16.9. The molecule has 1 heterocycles. The van der Waals surface area contributed by atoms with Crippen LogP contribution in [0.25, 0.3) is 10.9 Å². The van der Waals surface area contributed by atoms with Gasteiger partial charge in [-0.2, -0.15) is 0 Å². The zero-order valence-corrected chi connectivity index (χ0v) is 12.0. The molecule has 0 N–H and O–H groups in total. The van der Waals surface area contributed by atoms with Crippen molar-refractivity contribution in [2.75, 3.05) is 0 Å². The number of aryl methyl sites for hydroxylation is 2. The molecule has 0 bridgehead atoms. The standard InChI is InChI=1S/C18H19NO/c1-3-19-11-10-16-12-17(8-9-18(16)19)20-13-15-6-4-14(2)5-7-15/h4-12H,3,13H2,1-2H3. The molecule has 0 saturated carbocycles. The normalized spacial score (nSPS) is 10.9. The number of hydrogen-bond acceptors (Lipinski definition) is 1. The van der Waals surface area contributed by atoms with Gasteiger partial charge in [-0.3, -0.25) is 0 Å². The molecule has 0 saturated heterocycles. The van der Waals surface area contributed by atoms with Gasteiger partial charge in [-0.15, -0.1) is 0 Å². The lowest BCUT2D eigenvalue weighted by Crippen LogP contribution is -1.95. The molecule has 0 fully saturated rings. The summed E-state index contributed by atoms with van der Waals surface area (Å²) in [5.41, 5.74) is 3.73. The molecular weight excluding hydrogens is 246 g/mol. The van der Waals surface area contributed by atoms with Crippen LogP contribution in [0.15, 0.2) is 54.7 Å². The van der Waals surface area contributed by atoms with E-state index in [2.05, 4.69) is 67.1 Å². The van der Waals surface area contributed by atoms with E-state index in [9.17, 15) is 0 Å². The summed E-state index contributed by atoms with van der Waals surface area (Å²) < 4.78 is 8.11. The topological polar surface area (TPSA) is 14.2 Å². The Morgan fingerprint density at radius 3 is 2.55 bits per heavy atom. The number of hydrogen-bond donors (Lipinski definition) is 0. The van der Waals surface area contributed by atoms with Crippen LogP contribution < -0.4 is 4.74 Å². The summed E-state index contributed by atoms with van der Waals surface area (Å²) in [5.74, 6) is 0.923. The van der Waals surface area contributed by atoms with Crippen LogP contribution in [0, 0.1) is 6.92 Å². The lowest BCUT2D eigenvalue weighted by Gasteiger charge is -2.07. The van der Waals surface area contributed by atoms with Crippen LogP contribution in [0.1, 0.15) is 18.1 Å². The van der Waals surface area contributed by atoms with E-state index in [1.807, 2.05) is 6.07 Å². The van der Waals surface area contributed by atoms with Gasteiger partial charge in [0, 0.05) is 23.6 Å². The Hall–Kier alpha value is -2.22. The molecule has 20 heavy (non-hydrogen) atoms. The first-order valence-electron chi connectivity index (χ1n) is 7.03. The van der Waals surface area contributed by atoms with Crippen molar-refractivity contribution < 1.29 is 4.74 Å². The number of benzene rings is 2. The predicted octanol–water partition coefficient (Wildman–Crippen LogP) is 4.55. The summed E-state index contributed by atoms with van der Waals surface area (Å²) >= 11 is 0. The van der Waals surface area contributed by atoms with Crippen LogP contribution in [-0.2, 0) is 13.2 Å². The Morgan fingerprint density at radius 2 is 1.80 bits per heavy atom. The maximum Gasteiger partial charge on any atom is 0.120 e. The van der Waals surface area contributed by atoms with Gasteiger partial charge in [0.15, 0.2) is 0 Å². The first-order valence-corrected chi connectivity index (χ1v) is 7.03. The van der Waals surface area contributed by atoms with E-state index >= 15 is 0 Å². The molecule has 102 valence electrons. The summed E-state index contributed by atoms with van der Waals surface area (Å²) in [4.78, 5) is 0. The van der Waals surface area contributed by atoms with Crippen LogP contribution >= 0.6 is 0 Å². The average Bonchev–Trinajstić information content (AvgIpc) is 2.89. The molecule has 2 nitrogen and oxygen atoms in total. The maximum absolute atomic E-state index is 5.87. The molecule has 0 amide bonds. The molecule has 2 heteroatoms. The van der Waals surface area contributed by atoms with Gasteiger partial charge in [0.1, 0.15) is 12.4 Å². The van der Waals surface area contributed by atoms with Gasteiger partial charge in [-0.25, -0.2) is 0 Å². The molecule has 1 aromatic heterocycles. The fourth-order valence-corrected chi connectivity index (χ4v) is 2.39. The number of rotatable bonds is 4. The number of aromatic nitrogens is 1. The van der Waals surface area contributed by atoms with Gasteiger partial charge in [0.05, 0.1) is 0 Å². The van der Waals surface area contributed by atoms with Gasteiger partial charge in [-0.1, -0.05) is 29.8 Å². The highest BCUT2D eigenvalue weighted by Crippen LogP contribution is 2.22. The molecule has 3 rings (SSSR count). The van der Waals surface area contributed by atoms with Crippen LogP contribution in [0.2, 0.25) is 0 Å². The Bertz CT molecular complexity index is 710. The van der Waals surface area contributed by atoms with E-state index in [1.165, 1.54) is 22.0 Å². The van der Waals surface area contributed by atoms with Crippen LogP contribution in [0.4, 0.5) is 0 Å². The Labute approximate surface area is 119 Å². The minimum Gasteiger partial charge on any atom is -0.489 e. The second-order valence-electron chi connectivity index (χ2n) is 5.10. The minimum atomic E-state index is 0.611. The Kier molecular flexibility index (Phi) is 3.46. The fraction of sp³-hybridized carbons (Fsp3) is 0.222. The van der Waals surface area contributed by atoms with Gasteiger partial charge < -0.3 is 9.30 Å². The molecular formula is C18H19NO. The summed E-state index contributed by atoms with van der Waals surface area (Å²) in [5, 5.41) is 1.23. The highest BCUT2D eigenvalue weighted by Gasteiger charge is 2.02. The third-order valence-electron chi connectivity index (χ3n) is 3.61. The van der Waals surface area contributed by atoms with E-state index in [1.54, 1.807) is 0 Å².